The molecular weight excluding hydrogens is 393 g/mol. The molecule has 0 bridgehead atoms. The molecule has 0 radical (unpaired) electrons. The summed E-state index contributed by atoms with van der Waals surface area (Å²) in [6, 6.07) is 18.2. The van der Waals surface area contributed by atoms with E-state index >= 15 is 0 Å². The summed E-state index contributed by atoms with van der Waals surface area (Å²) in [7, 11) is 0. The molecule has 3 rings (SSSR count). The van der Waals surface area contributed by atoms with Gasteiger partial charge in [-0.3, -0.25) is 4.90 Å². The van der Waals surface area contributed by atoms with Crippen molar-refractivity contribution in [2.75, 3.05) is 10.2 Å². The Morgan fingerprint density at radius 2 is 1.80 bits per heavy atom. The average molecular weight is 412 g/mol. The predicted molar refractivity (Wildman–Crippen MR) is 109 cm³/mol. The van der Waals surface area contributed by atoms with Crippen LogP contribution in [-0.4, -0.2) is 16.3 Å². The molecule has 0 saturated heterocycles. The van der Waals surface area contributed by atoms with Gasteiger partial charge in [0.05, 0.1) is 5.69 Å². The first-order valence-electron chi connectivity index (χ1n) is 9.05. The van der Waals surface area contributed by atoms with E-state index in [0.717, 1.165) is 16.8 Å². The first kappa shape index (κ1) is 21.0. The Labute approximate surface area is 172 Å². The molecule has 3 aromatic rings. The maximum Gasteiger partial charge on any atom is 0.573 e. The van der Waals surface area contributed by atoms with Crippen molar-refractivity contribution < 1.29 is 17.9 Å². The van der Waals surface area contributed by atoms with Gasteiger partial charge in [0.25, 0.3) is 0 Å². The lowest BCUT2D eigenvalue weighted by molar-refractivity contribution is -0.274. The fourth-order valence-electron chi connectivity index (χ4n) is 2.72. The topological polar surface area (TPSA) is 50.3 Å². The molecule has 0 aliphatic rings. The summed E-state index contributed by atoms with van der Waals surface area (Å²) >= 11 is 0. The number of aromatic nitrogens is 2. The third-order valence-corrected chi connectivity index (χ3v) is 4.06. The second kappa shape index (κ2) is 9.18. The number of ether oxygens (including phenoxy) is 1. The van der Waals surface area contributed by atoms with E-state index in [1.54, 1.807) is 36.2 Å². The normalized spacial score (nSPS) is 10.7. The zero-order chi connectivity index (χ0) is 21.6. The van der Waals surface area contributed by atoms with Gasteiger partial charge in [-0.15, -0.1) is 13.2 Å². The Kier molecular flexibility index (Phi) is 6.42. The molecule has 1 aromatic heterocycles. The molecule has 5 nitrogen and oxygen atoms in total. The van der Waals surface area contributed by atoms with Crippen LogP contribution in [0.1, 0.15) is 18.1 Å². The second-order valence-corrected chi connectivity index (χ2v) is 6.27. The number of nitrogens with one attached hydrogen (secondary N) is 1. The summed E-state index contributed by atoms with van der Waals surface area (Å²) < 4.78 is 40.6. The summed E-state index contributed by atoms with van der Waals surface area (Å²) in [4.78, 5) is 10.5. The summed E-state index contributed by atoms with van der Waals surface area (Å²) in [5, 5.41) is 3.07. The molecule has 0 saturated carbocycles. The van der Waals surface area contributed by atoms with Gasteiger partial charge in [0.2, 0.25) is 5.95 Å². The van der Waals surface area contributed by atoms with Crippen LogP contribution in [0.2, 0.25) is 0 Å². The number of aryl methyl sites for hydroxylation is 1. The Morgan fingerprint density at radius 1 is 1.07 bits per heavy atom. The van der Waals surface area contributed by atoms with Gasteiger partial charge in [-0.2, -0.15) is 4.98 Å². The van der Waals surface area contributed by atoms with E-state index in [1.807, 2.05) is 31.2 Å². The third kappa shape index (κ3) is 5.64. The van der Waals surface area contributed by atoms with Gasteiger partial charge in [0.15, 0.2) is 0 Å². The maximum atomic E-state index is 12.3. The number of benzene rings is 2. The van der Waals surface area contributed by atoms with Crippen molar-refractivity contribution in [3.05, 3.63) is 71.9 Å². The van der Waals surface area contributed by atoms with Gasteiger partial charge >= 0.3 is 6.36 Å². The fraction of sp³-hybridized carbons (Fsp3) is 0.182. The smallest absolute Gasteiger partial charge is 0.406 e. The first-order chi connectivity index (χ1) is 14.4. The summed E-state index contributed by atoms with van der Waals surface area (Å²) in [5.41, 5.74) is 2.72. The molecule has 8 heteroatoms. The monoisotopic (exact) mass is 412 g/mol. The van der Waals surface area contributed by atoms with Crippen LogP contribution in [0.4, 0.5) is 30.6 Å². The van der Waals surface area contributed by atoms with Crippen molar-refractivity contribution in [2.45, 2.75) is 26.8 Å². The third-order valence-electron chi connectivity index (χ3n) is 4.06. The van der Waals surface area contributed by atoms with E-state index in [4.69, 9.17) is 0 Å². The highest BCUT2D eigenvalue weighted by molar-refractivity contribution is 5.68. The molecular formula is C22H19F3N4O. The molecule has 1 N–H and O–H groups in total. The Balaban J connectivity index is 1.73. The summed E-state index contributed by atoms with van der Waals surface area (Å²) in [5.74, 6) is 3.60. The van der Waals surface area contributed by atoms with Crippen LogP contribution in [0.15, 0.2) is 60.8 Å². The van der Waals surface area contributed by atoms with Gasteiger partial charge in [-0.1, -0.05) is 36.3 Å². The SMILES string of the molecule is CC#CN(c1ccnc(NCc2ccc(OC(F)(F)F)cc2)n1)c1ccccc1C. The number of hydrogen-bond acceptors (Lipinski definition) is 5. The average Bonchev–Trinajstić information content (AvgIpc) is 2.71. The molecule has 0 amide bonds. The van der Waals surface area contributed by atoms with E-state index in [9.17, 15) is 13.2 Å². The minimum atomic E-state index is -4.71. The molecule has 0 spiro atoms. The molecule has 0 aliphatic carbocycles. The van der Waals surface area contributed by atoms with Crippen molar-refractivity contribution in [3.8, 4) is 17.7 Å². The number of nitrogens with zero attached hydrogens (tertiary/aromatic N) is 3. The van der Waals surface area contributed by atoms with Crippen LogP contribution >= 0.6 is 0 Å². The molecule has 1 heterocycles. The van der Waals surface area contributed by atoms with E-state index < -0.39 is 6.36 Å². The molecule has 30 heavy (non-hydrogen) atoms. The summed E-state index contributed by atoms with van der Waals surface area (Å²) in [6.45, 7) is 4.07. The number of hydrogen-bond donors (Lipinski definition) is 1. The molecule has 2 aromatic carbocycles. The number of halogens is 3. The van der Waals surface area contributed by atoms with Crippen LogP contribution < -0.4 is 15.0 Å². The highest BCUT2D eigenvalue weighted by Crippen LogP contribution is 2.27. The van der Waals surface area contributed by atoms with Crippen LogP contribution in [0, 0.1) is 18.9 Å². The molecule has 0 atom stereocenters. The highest BCUT2D eigenvalue weighted by atomic mass is 19.4. The van der Waals surface area contributed by atoms with E-state index in [1.165, 1.54) is 12.1 Å². The Hall–Kier alpha value is -3.73. The van der Waals surface area contributed by atoms with Crippen molar-refractivity contribution in [1.82, 2.24) is 9.97 Å². The number of rotatable bonds is 6. The Morgan fingerprint density at radius 3 is 2.47 bits per heavy atom. The van der Waals surface area contributed by atoms with Crippen LogP contribution in [0.25, 0.3) is 0 Å². The fourth-order valence-corrected chi connectivity index (χ4v) is 2.72. The van der Waals surface area contributed by atoms with E-state index in [0.29, 0.717) is 18.3 Å². The molecule has 0 aliphatic heterocycles. The van der Waals surface area contributed by atoms with Crippen LogP contribution in [0.5, 0.6) is 5.75 Å². The maximum absolute atomic E-state index is 12.3. The number of alkyl halides is 3. The number of para-hydroxylation sites is 1. The number of anilines is 3. The van der Waals surface area contributed by atoms with Gasteiger partial charge in [0, 0.05) is 24.9 Å². The van der Waals surface area contributed by atoms with Gasteiger partial charge < -0.3 is 10.1 Å². The van der Waals surface area contributed by atoms with Crippen molar-refractivity contribution in [3.63, 3.8) is 0 Å². The molecule has 0 unspecified atom stereocenters. The zero-order valence-corrected chi connectivity index (χ0v) is 16.4. The highest BCUT2D eigenvalue weighted by Gasteiger charge is 2.30. The molecule has 0 fully saturated rings. The summed E-state index contributed by atoms with van der Waals surface area (Å²) in [6.07, 6.45) is -3.09. The lowest BCUT2D eigenvalue weighted by atomic mass is 10.2. The standard InChI is InChI=1S/C22H19F3N4O/c1-3-14-29(19-7-5-4-6-16(19)2)20-12-13-26-21(28-20)27-15-17-8-10-18(11-9-17)30-22(23,24)25/h4-13H,15H2,1-2H3,(H,26,27,28). The molecule has 154 valence electrons. The van der Waals surface area contributed by atoms with Crippen LogP contribution in [-0.2, 0) is 6.54 Å². The van der Waals surface area contributed by atoms with Crippen molar-refractivity contribution in [1.29, 1.82) is 0 Å². The second-order valence-electron chi connectivity index (χ2n) is 6.27. The zero-order valence-electron chi connectivity index (χ0n) is 16.4. The quantitative estimate of drug-likeness (QED) is 0.433. The predicted octanol–water partition coefficient (Wildman–Crippen LogP) is 5.41. The van der Waals surface area contributed by atoms with E-state index in [-0.39, 0.29) is 5.75 Å². The lowest BCUT2D eigenvalue weighted by Gasteiger charge is -2.19. The van der Waals surface area contributed by atoms with Crippen LogP contribution in [0.3, 0.4) is 0 Å². The largest absolute Gasteiger partial charge is 0.573 e. The lowest BCUT2D eigenvalue weighted by Crippen LogP contribution is -2.17. The first-order valence-corrected chi connectivity index (χ1v) is 9.05. The van der Waals surface area contributed by atoms with Crippen molar-refractivity contribution in [2.24, 2.45) is 0 Å². The van der Waals surface area contributed by atoms with E-state index in [2.05, 4.69) is 32.0 Å². The van der Waals surface area contributed by atoms with Crippen molar-refractivity contribution >= 4 is 17.5 Å². The minimum absolute atomic E-state index is 0.267. The minimum Gasteiger partial charge on any atom is -0.406 e. The van der Waals surface area contributed by atoms with Gasteiger partial charge in [0.1, 0.15) is 11.6 Å². The van der Waals surface area contributed by atoms with Gasteiger partial charge in [-0.05, 0) is 43.2 Å². The van der Waals surface area contributed by atoms with Gasteiger partial charge in [-0.25, -0.2) is 4.98 Å². The Bertz CT molecular complexity index is 1060.